The normalized spacial score (nSPS) is 19.0. The predicted octanol–water partition coefficient (Wildman–Crippen LogP) is 3.33. The van der Waals surface area contributed by atoms with Crippen LogP contribution in [0.1, 0.15) is 46.0 Å². The first-order valence-corrected chi connectivity index (χ1v) is 5.63. The maximum absolute atomic E-state index is 4.03. The average Bonchev–Trinajstić information content (AvgIpc) is 2.15. The standard InChI is InChI=1S/C12H23N/c1-10(2)11(3)13-9-12-7-5-4-6-8-12/h10,12-13H,3-9H2,1-2H3. The van der Waals surface area contributed by atoms with Crippen molar-refractivity contribution in [3.05, 3.63) is 12.3 Å². The van der Waals surface area contributed by atoms with Crippen molar-refractivity contribution in [2.45, 2.75) is 46.0 Å². The van der Waals surface area contributed by atoms with Crippen molar-refractivity contribution in [1.82, 2.24) is 5.32 Å². The molecule has 1 saturated carbocycles. The van der Waals surface area contributed by atoms with Gasteiger partial charge in [0, 0.05) is 12.2 Å². The van der Waals surface area contributed by atoms with Crippen molar-refractivity contribution >= 4 is 0 Å². The molecule has 0 aliphatic heterocycles. The summed E-state index contributed by atoms with van der Waals surface area (Å²) in [6.45, 7) is 9.56. The Morgan fingerprint density at radius 3 is 2.46 bits per heavy atom. The van der Waals surface area contributed by atoms with E-state index in [1.54, 1.807) is 0 Å². The van der Waals surface area contributed by atoms with E-state index in [0.717, 1.165) is 12.5 Å². The van der Waals surface area contributed by atoms with Crippen LogP contribution in [0.3, 0.4) is 0 Å². The maximum Gasteiger partial charge on any atom is 0.0172 e. The van der Waals surface area contributed by atoms with Crippen LogP contribution in [-0.4, -0.2) is 6.54 Å². The SMILES string of the molecule is C=C(NCC1CCCCC1)C(C)C. The van der Waals surface area contributed by atoms with E-state index in [9.17, 15) is 0 Å². The minimum absolute atomic E-state index is 0.573. The van der Waals surface area contributed by atoms with Gasteiger partial charge in [0.25, 0.3) is 0 Å². The van der Waals surface area contributed by atoms with Crippen molar-refractivity contribution in [3.8, 4) is 0 Å². The van der Waals surface area contributed by atoms with Gasteiger partial charge in [0.15, 0.2) is 0 Å². The molecule has 1 nitrogen and oxygen atoms in total. The highest BCUT2D eigenvalue weighted by atomic mass is 14.9. The van der Waals surface area contributed by atoms with Gasteiger partial charge in [-0.1, -0.05) is 39.7 Å². The topological polar surface area (TPSA) is 12.0 Å². The predicted molar refractivity (Wildman–Crippen MR) is 58.6 cm³/mol. The Balaban J connectivity index is 2.13. The Morgan fingerprint density at radius 2 is 1.92 bits per heavy atom. The third kappa shape index (κ3) is 3.84. The highest BCUT2D eigenvalue weighted by Gasteiger charge is 2.13. The van der Waals surface area contributed by atoms with Gasteiger partial charge >= 0.3 is 0 Å². The second-order valence-corrected chi connectivity index (χ2v) is 4.56. The molecule has 1 fully saturated rings. The molecule has 0 bridgehead atoms. The van der Waals surface area contributed by atoms with E-state index in [-0.39, 0.29) is 0 Å². The van der Waals surface area contributed by atoms with E-state index < -0.39 is 0 Å². The summed E-state index contributed by atoms with van der Waals surface area (Å²) in [5, 5.41) is 3.46. The van der Waals surface area contributed by atoms with E-state index in [1.165, 1.54) is 37.8 Å². The first kappa shape index (κ1) is 10.6. The number of hydrogen-bond donors (Lipinski definition) is 1. The number of nitrogens with one attached hydrogen (secondary N) is 1. The van der Waals surface area contributed by atoms with Gasteiger partial charge in [0.1, 0.15) is 0 Å². The first-order chi connectivity index (χ1) is 6.20. The van der Waals surface area contributed by atoms with Gasteiger partial charge in [-0.2, -0.15) is 0 Å². The van der Waals surface area contributed by atoms with Crippen LogP contribution in [0.4, 0.5) is 0 Å². The summed E-state index contributed by atoms with van der Waals surface area (Å²) in [6.07, 6.45) is 7.14. The van der Waals surface area contributed by atoms with E-state index >= 15 is 0 Å². The van der Waals surface area contributed by atoms with Gasteiger partial charge in [0.05, 0.1) is 0 Å². The second-order valence-electron chi connectivity index (χ2n) is 4.56. The molecule has 0 heterocycles. The summed E-state index contributed by atoms with van der Waals surface area (Å²) < 4.78 is 0. The lowest BCUT2D eigenvalue weighted by molar-refractivity contribution is 0.347. The van der Waals surface area contributed by atoms with E-state index in [4.69, 9.17) is 0 Å². The van der Waals surface area contributed by atoms with Crippen molar-refractivity contribution in [2.24, 2.45) is 11.8 Å². The highest BCUT2D eigenvalue weighted by Crippen LogP contribution is 2.23. The number of rotatable bonds is 4. The molecule has 0 spiro atoms. The van der Waals surface area contributed by atoms with Gasteiger partial charge < -0.3 is 5.32 Å². The Labute approximate surface area is 82.6 Å². The molecule has 1 N–H and O–H groups in total. The molecule has 0 amide bonds. The minimum atomic E-state index is 0.573. The van der Waals surface area contributed by atoms with Crippen LogP contribution in [0.15, 0.2) is 12.3 Å². The molecule has 0 unspecified atom stereocenters. The van der Waals surface area contributed by atoms with E-state index in [1.807, 2.05) is 0 Å². The molecule has 0 atom stereocenters. The van der Waals surface area contributed by atoms with E-state index in [2.05, 4.69) is 25.7 Å². The van der Waals surface area contributed by atoms with Crippen molar-refractivity contribution in [3.63, 3.8) is 0 Å². The zero-order chi connectivity index (χ0) is 9.68. The van der Waals surface area contributed by atoms with Gasteiger partial charge in [-0.15, -0.1) is 0 Å². The van der Waals surface area contributed by atoms with Gasteiger partial charge in [-0.3, -0.25) is 0 Å². The molecular formula is C12H23N. The van der Waals surface area contributed by atoms with Crippen LogP contribution in [0, 0.1) is 11.8 Å². The summed E-state index contributed by atoms with van der Waals surface area (Å²) in [5.41, 5.74) is 1.20. The maximum atomic E-state index is 4.03. The van der Waals surface area contributed by atoms with Crippen molar-refractivity contribution in [2.75, 3.05) is 6.54 Å². The Kier molecular flexibility index (Phi) is 4.34. The van der Waals surface area contributed by atoms with Crippen LogP contribution in [0.2, 0.25) is 0 Å². The van der Waals surface area contributed by atoms with Crippen LogP contribution >= 0.6 is 0 Å². The smallest absolute Gasteiger partial charge is 0.0172 e. The Morgan fingerprint density at radius 1 is 1.31 bits per heavy atom. The second kappa shape index (κ2) is 5.31. The fourth-order valence-electron chi connectivity index (χ4n) is 1.87. The molecule has 76 valence electrons. The lowest BCUT2D eigenvalue weighted by Gasteiger charge is -2.23. The first-order valence-electron chi connectivity index (χ1n) is 5.63. The molecule has 1 heteroatoms. The summed E-state index contributed by atoms with van der Waals surface area (Å²) in [4.78, 5) is 0. The molecule has 0 aromatic rings. The molecule has 0 aromatic carbocycles. The summed E-state index contributed by atoms with van der Waals surface area (Å²) in [5.74, 6) is 1.48. The molecule has 0 aromatic heterocycles. The number of hydrogen-bond acceptors (Lipinski definition) is 1. The molecule has 1 aliphatic carbocycles. The molecule has 0 radical (unpaired) electrons. The fraction of sp³-hybridized carbons (Fsp3) is 0.833. The average molecular weight is 181 g/mol. The van der Waals surface area contributed by atoms with Crippen LogP contribution in [0.25, 0.3) is 0 Å². The van der Waals surface area contributed by atoms with Gasteiger partial charge in [0.2, 0.25) is 0 Å². The molecule has 0 saturated heterocycles. The van der Waals surface area contributed by atoms with E-state index in [0.29, 0.717) is 5.92 Å². The minimum Gasteiger partial charge on any atom is -0.388 e. The lowest BCUT2D eigenvalue weighted by Crippen LogP contribution is -2.25. The molecule has 1 aliphatic rings. The largest absolute Gasteiger partial charge is 0.388 e. The van der Waals surface area contributed by atoms with Crippen LogP contribution in [-0.2, 0) is 0 Å². The molecule has 1 rings (SSSR count). The fourth-order valence-corrected chi connectivity index (χ4v) is 1.87. The van der Waals surface area contributed by atoms with Crippen LogP contribution in [0.5, 0.6) is 0 Å². The zero-order valence-corrected chi connectivity index (χ0v) is 9.10. The van der Waals surface area contributed by atoms with Crippen LogP contribution < -0.4 is 5.32 Å². The van der Waals surface area contributed by atoms with Crippen molar-refractivity contribution in [1.29, 1.82) is 0 Å². The summed E-state index contributed by atoms with van der Waals surface area (Å²) >= 11 is 0. The monoisotopic (exact) mass is 181 g/mol. The third-order valence-corrected chi connectivity index (χ3v) is 3.04. The summed E-state index contributed by atoms with van der Waals surface area (Å²) in [6, 6.07) is 0. The summed E-state index contributed by atoms with van der Waals surface area (Å²) in [7, 11) is 0. The molecular weight excluding hydrogens is 158 g/mol. The van der Waals surface area contributed by atoms with Gasteiger partial charge in [-0.05, 0) is 24.7 Å². The Bertz CT molecular complexity index is 155. The third-order valence-electron chi connectivity index (χ3n) is 3.04. The lowest BCUT2D eigenvalue weighted by atomic mass is 9.89. The molecule has 13 heavy (non-hydrogen) atoms. The highest BCUT2D eigenvalue weighted by molar-refractivity contribution is 4.94. The number of allylic oxidation sites excluding steroid dienone is 1. The zero-order valence-electron chi connectivity index (χ0n) is 9.10. The Hall–Kier alpha value is -0.460. The quantitative estimate of drug-likeness (QED) is 0.701. The van der Waals surface area contributed by atoms with Crippen molar-refractivity contribution < 1.29 is 0 Å². The van der Waals surface area contributed by atoms with Gasteiger partial charge in [-0.25, -0.2) is 0 Å².